The first-order chi connectivity index (χ1) is 20.8. The number of hydrogen-bond acceptors (Lipinski definition) is 6. The summed E-state index contributed by atoms with van der Waals surface area (Å²) < 4.78 is 0. The van der Waals surface area contributed by atoms with Crippen molar-refractivity contribution in [1.82, 2.24) is 20.4 Å². The van der Waals surface area contributed by atoms with Gasteiger partial charge in [-0.25, -0.2) is 0 Å². The van der Waals surface area contributed by atoms with E-state index in [1.165, 1.54) is 0 Å². The highest BCUT2D eigenvalue weighted by Gasteiger charge is 2.55. The van der Waals surface area contributed by atoms with E-state index in [0.29, 0.717) is 55.7 Å². The third-order valence-corrected chi connectivity index (χ3v) is 9.66. The van der Waals surface area contributed by atoms with Crippen molar-refractivity contribution in [3.63, 3.8) is 0 Å². The van der Waals surface area contributed by atoms with Crippen molar-refractivity contribution in [1.29, 1.82) is 0 Å². The number of aliphatic hydroxyl groups is 1. The lowest BCUT2D eigenvalue weighted by molar-refractivity contribution is -0.165. The van der Waals surface area contributed by atoms with E-state index in [1.54, 1.807) is 36.2 Å². The zero-order chi connectivity index (χ0) is 30.6. The zero-order valence-corrected chi connectivity index (χ0v) is 25.3. The van der Waals surface area contributed by atoms with Crippen LogP contribution in [0, 0.1) is 5.92 Å². The molecule has 3 amide bonds. The molecule has 3 aliphatic rings. The fraction of sp³-hybridized carbons (Fsp3) is 0.529. The summed E-state index contributed by atoms with van der Waals surface area (Å²) in [4.78, 5) is 56.3. The molecule has 3 fully saturated rings. The number of carbonyl (C=O) groups excluding carboxylic acids is 4. The molecule has 2 aromatic rings. The third-order valence-electron chi connectivity index (χ3n) is 9.66. The van der Waals surface area contributed by atoms with Gasteiger partial charge in [0.2, 0.25) is 11.8 Å². The number of piperidine rings is 1. The third kappa shape index (κ3) is 6.38. The minimum Gasteiger partial charge on any atom is -0.390 e. The van der Waals surface area contributed by atoms with Crippen molar-refractivity contribution >= 4 is 23.5 Å². The Labute approximate surface area is 254 Å². The molecular formula is C34H44N4O5. The maximum absolute atomic E-state index is 13.8. The summed E-state index contributed by atoms with van der Waals surface area (Å²) in [6, 6.07) is 13.3. The molecule has 2 aromatic carbocycles. The maximum atomic E-state index is 13.8. The number of amides is 3. The van der Waals surface area contributed by atoms with E-state index < -0.39 is 17.7 Å². The Bertz CT molecular complexity index is 1310. The predicted molar refractivity (Wildman–Crippen MR) is 163 cm³/mol. The minimum atomic E-state index is -0.877. The van der Waals surface area contributed by atoms with Crippen molar-refractivity contribution in [3.05, 3.63) is 70.8 Å². The van der Waals surface area contributed by atoms with Gasteiger partial charge in [-0.2, -0.15) is 0 Å². The SMILES string of the molecule is CCCCN1C(=O)[C@@H]([C@H](O)C2CCCC2)NC(=O)C12CCN(Cc1ccc(C(=O)c3ccc(C(=O)NC)cc3)cc1)CC2. The number of nitrogens with zero attached hydrogens (tertiary/aromatic N) is 2. The molecule has 2 aliphatic heterocycles. The Kier molecular flexibility index (Phi) is 9.62. The Balaban J connectivity index is 1.21. The van der Waals surface area contributed by atoms with Gasteiger partial charge >= 0.3 is 0 Å². The van der Waals surface area contributed by atoms with Gasteiger partial charge in [-0.1, -0.05) is 62.6 Å². The number of nitrogens with one attached hydrogen (secondary N) is 2. The lowest BCUT2D eigenvalue weighted by Crippen LogP contribution is -2.75. The molecule has 43 heavy (non-hydrogen) atoms. The summed E-state index contributed by atoms with van der Waals surface area (Å²) >= 11 is 0. The standard InChI is InChI=1S/C34H44N4O5/c1-3-4-19-38-32(42)28(30(40)24-7-5-6-8-24)36-33(43)34(38)17-20-37(21-18-34)22-23-9-11-25(12-10-23)29(39)26-13-15-27(16-14-26)31(41)35-2/h9-16,24,28,30,40H,3-8,17-22H2,1-2H3,(H,35,41)(H,36,43)/t28-,30-/m1/s1. The number of likely N-dealkylation sites (tertiary alicyclic amines) is 1. The minimum absolute atomic E-state index is 0.0643. The lowest BCUT2D eigenvalue weighted by Gasteiger charge is -2.52. The smallest absolute Gasteiger partial charge is 0.251 e. The van der Waals surface area contributed by atoms with E-state index in [1.807, 2.05) is 24.3 Å². The van der Waals surface area contributed by atoms with E-state index in [0.717, 1.165) is 44.1 Å². The number of rotatable bonds is 10. The van der Waals surface area contributed by atoms with Crippen LogP contribution in [0.15, 0.2) is 48.5 Å². The molecule has 1 aliphatic carbocycles. The summed E-state index contributed by atoms with van der Waals surface area (Å²) in [5, 5.41) is 16.6. The van der Waals surface area contributed by atoms with Crippen LogP contribution in [0.25, 0.3) is 0 Å². The van der Waals surface area contributed by atoms with Crippen molar-refractivity contribution in [3.8, 4) is 0 Å². The first-order valence-corrected chi connectivity index (χ1v) is 15.8. The fourth-order valence-electron chi connectivity index (χ4n) is 6.96. The van der Waals surface area contributed by atoms with Crippen LogP contribution in [0.3, 0.4) is 0 Å². The first kappa shape index (κ1) is 30.9. The number of aliphatic hydroxyl groups excluding tert-OH is 1. The average molecular weight is 589 g/mol. The quantitative estimate of drug-likeness (QED) is 0.367. The van der Waals surface area contributed by atoms with Crippen LogP contribution in [0.4, 0.5) is 0 Å². The first-order valence-electron chi connectivity index (χ1n) is 15.8. The van der Waals surface area contributed by atoms with Crippen molar-refractivity contribution in [2.75, 3.05) is 26.7 Å². The van der Waals surface area contributed by atoms with Gasteiger partial charge in [-0.15, -0.1) is 0 Å². The second kappa shape index (κ2) is 13.4. The topological polar surface area (TPSA) is 119 Å². The van der Waals surface area contributed by atoms with E-state index in [2.05, 4.69) is 22.5 Å². The van der Waals surface area contributed by atoms with Gasteiger partial charge in [0.1, 0.15) is 11.6 Å². The van der Waals surface area contributed by atoms with Crippen LogP contribution >= 0.6 is 0 Å². The van der Waals surface area contributed by atoms with E-state index in [4.69, 9.17) is 0 Å². The number of ketones is 1. The van der Waals surface area contributed by atoms with Gasteiger partial charge in [0.05, 0.1) is 6.10 Å². The fourth-order valence-corrected chi connectivity index (χ4v) is 6.96. The van der Waals surface area contributed by atoms with Gasteiger partial charge in [0, 0.05) is 49.9 Å². The van der Waals surface area contributed by atoms with Crippen LogP contribution in [0.1, 0.15) is 90.1 Å². The second-order valence-electron chi connectivity index (χ2n) is 12.3. The Morgan fingerprint density at radius 3 is 2.14 bits per heavy atom. The highest BCUT2D eigenvalue weighted by molar-refractivity contribution is 6.09. The maximum Gasteiger partial charge on any atom is 0.251 e. The summed E-state index contributed by atoms with van der Waals surface area (Å²) in [7, 11) is 1.57. The molecule has 5 rings (SSSR count). The van der Waals surface area contributed by atoms with Gasteiger partial charge < -0.3 is 20.6 Å². The molecule has 0 unspecified atom stereocenters. The van der Waals surface area contributed by atoms with Gasteiger partial charge in [-0.3, -0.25) is 24.1 Å². The molecule has 0 bridgehead atoms. The van der Waals surface area contributed by atoms with Crippen LogP contribution in [0.2, 0.25) is 0 Å². The monoisotopic (exact) mass is 588 g/mol. The molecule has 1 spiro atoms. The molecule has 2 saturated heterocycles. The van der Waals surface area contributed by atoms with Crippen molar-refractivity contribution in [2.24, 2.45) is 5.92 Å². The molecule has 2 atom stereocenters. The number of piperazine rings is 1. The lowest BCUT2D eigenvalue weighted by atomic mass is 9.80. The highest BCUT2D eigenvalue weighted by Crippen LogP contribution is 2.36. The predicted octanol–water partition coefficient (Wildman–Crippen LogP) is 3.29. The van der Waals surface area contributed by atoms with Crippen molar-refractivity contribution in [2.45, 2.75) is 82.5 Å². The molecule has 3 N–H and O–H groups in total. The second-order valence-corrected chi connectivity index (χ2v) is 12.3. The Morgan fingerprint density at radius 2 is 1.56 bits per heavy atom. The van der Waals surface area contributed by atoms with Gasteiger partial charge in [-0.05, 0) is 55.7 Å². The van der Waals surface area contributed by atoms with Crippen LogP contribution in [-0.4, -0.2) is 82.8 Å². The number of benzene rings is 2. The Hall–Kier alpha value is -3.56. The van der Waals surface area contributed by atoms with Crippen LogP contribution in [0.5, 0.6) is 0 Å². The van der Waals surface area contributed by atoms with E-state index in [9.17, 15) is 24.3 Å². The molecule has 9 nitrogen and oxygen atoms in total. The molecule has 9 heteroatoms. The summed E-state index contributed by atoms with van der Waals surface area (Å²) in [6.45, 7) is 4.62. The van der Waals surface area contributed by atoms with E-state index in [-0.39, 0.29) is 29.4 Å². The summed E-state index contributed by atoms with van der Waals surface area (Å²) in [5.74, 6) is -0.500. The van der Waals surface area contributed by atoms with Crippen LogP contribution < -0.4 is 10.6 Å². The highest BCUT2D eigenvalue weighted by atomic mass is 16.3. The largest absolute Gasteiger partial charge is 0.390 e. The molecule has 2 heterocycles. The number of carbonyl (C=O) groups is 4. The molecule has 0 aromatic heterocycles. The number of unbranched alkanes of at least 4 members (excludes halogenated alkanes) is 1. The van der Waals surface area contributed by atoms with Crippen LogP contribution in [-0.2, 0) is 16.1 Å². The van der Waals surface area contributed by atoms with Gasteiger partial charge in [0.15, 0.2) is 5.78 Å². The van der Waals surface area contributed by atoms with E-state index >= 15 is 0 Å². The molecule has 230 valence electrons. The number of hydrogen-bond donors (Lipinski definition) is 3. The van der Waals surface area contributed by atoms with Crippen molar-refractivity contribution < 1.29 is 24.3 Å². The molecular weight excluding hydrogens is 544 g/mol. The zero-order valence-electron chi connectivity index (χ0n) is 25.3. The molecule has 0 radical (unpaired) electrons. The van der Waals surface area contributed by atoms with Gasteiger partial charge in [0.25, 0.3) is 5.91 Å². The average Bonchev–Trinajstić information content (AvgIpc) is 3.58. The summed E-state index contributed by atoms with van der Waals surface area (Å²) in [6.07, 6.45) is 5.91. The summed E-state index contributed by atoms with van der Waals surface area (Å²) in [5.41, 5.74) is 1.79. The normalized spacial score (nSPS) is 21.6. The Morgan fingerprint density at radius 1 is 0.977 bits per heavy atom. The molecule has 1 saturated carbocycles.